The van der Waals surface area contributed by atoms with Crippen LogP contribution in [0, 0.1) is 0 Å². The molecule has 13 heavy (non-hydrogen) atoms. The molecule has 0 heterocycles. The fourth-order valence-electron chi connectivity index (χ4n) is 0.715. The van der Waals surface area contributed by atoms with Gasteiger partial charge in [-0.3, -0.25) is 9.00 Å². The largest absolute Gasteiger partial charge is 1.00 e. The SMILES string of the molecule is C=CC(=O)NC(C)(C)CS(=O)[O-].[Na+]. The maximum atomic E-state index is 10.8. The Balaban J connectivity index is 0. The maximum absolute atomic E-state index is 10.8. The van der Waals surface area contributed by atoms with Crippen molar-refractivity contribution in [3.63, 3.8) is 0 Å². The summed E-state index contributed by atoms with van der Waals surface area (Å²) in [6.07, 6.45) is 1.11. The molecule has 0 bridgehead atoms. The summed E-state index contributed by atoms with van der Waals surface area (Å²) in [5.41, 5.74) is -0.738. The summed E-state index contributed by atoms with van der Waals surface area (Å²) in [6, 6.07) is 0. The van der Waals surface area contributed by atoms with Crippen molar-refractivity contribution in [2.45, 2.75) is 19.4 Å². The molecule has 0 aliphatic rings. The molecule has 70 valence electrons. The monoisotopic (exact) mass is 213 g/mol. The van der Waals surface area contributed by atoms with Gasteiger partial charge in [0.15, 0.2) is 0 Å². The third kappa shape index (κ3) is 8.64. The van der Waals surface area contributed by atoms with E-state index in [1.54, 1.807) is 13.8 Å². The first-order valence-electron chi connectivity index (χ1n) is 3.38. The predicted octanol–water partition coefficient (Wildman–Crippen LogP) is -3.05. The van der Waals surface area contributed by atoms with Crippen LogP contribution in [0.2, 0.25) is 0 Å². The Bertz CT molecular complexity index is 218. The molecule has 0 aromatic heterocycles. The molecule has 1 N–H and O–H groups in total. The van der Waals surface area contributed by atoms with E-state index in [4.69, 9.17) is 0 Å². The van der Waals surface area contributed by atoms with Gasteiger partial charge in [-0.15, -0.1) is 0 Å². The van der Waals surface area contributed by atoms with Crippen molar-refractivity contribution in [2.75, 3.05) is 5.75 Å². The fraction of sp³-hybridized carbons (Fsp3) is 0.571. The van der Waals surface area contributed by atoms with E-state index in [2.05, 4.69) is 11.9 Å². The van der Waals surface area contributed by atoms with Crippen LogP contribution in [0.4, 0.5) is 0 Å². The van der Waals surface area contributed by atoms with E-state index >= 15 is 0 Å². The molecule has 0 radical (unpaired) electrons. The Morgan fingerprint density at radius 1 is 1.69 bits per heavy atom. The van der Waals surface area contributed by atoms with E-state index in [0.717, 1.165) is 6.08 Å². The smallest absolute Gasteiger partial charge is 0.772 e. The second-order valence-corrected chi connectivity index (χ2v) is 3.92. The summed E-state index contributed by atoms with van der Waals surface area (Å²) in [5, 5.41) is 2.49. The van der Waals surface area contributed by atoms with Crippen LogP contribution in [0.1, 0.15) is 13.8 Å². The quantitative estimate of drug-likeness (QED) is 0.306. The number of carbonyl (C=O) groups is 1. The fourth-order valence-corrected chi connectivity index (χ4v) is 1.38. The number of hydrogen-bond donors (Lipinski definition) is 1. The maximum Gasteiger partial charge on any atom is 1.00 e. The minimum atomic E-state index is -2.15. The normalized spacial score (nSPS) is 12.5. The molecule has 0 spiro atoms. The Morgan fingerprint density at radius 2 is 2.15 bits per heavy atom. The van der Waals surface area contributed by atoms with E-state index in [-0.39, 0.29) is 41.2 Å². The Labute approximate surface area is 103 Å². The first-order chi connectivity index (χ1) is 5.37. The standard InChI is InChI=1S/C7H13NO3S.Na/c1-4-6(9)8-7(2,3)5-12(10)11;/h4H,1,5H2,2-3H3,(H,8,9)(H,10,11);/q;+1/p-1. The molecule has 0 saturated carbocycles. The van der Waals surface area contributed by atoms with E-state index in [9.17, 15) is 13.6 Å². The molecule has 0 aromatic rings. The minimum absolute atomic E-state index is 0. The number of rotatable bonds is 4. The molecular weight excluding hydrogens is 201 g/mol. The molecule has 0 saturated heterocycles. The minimum Gasteiger partial charge on any atom is -0.772 e. The molecule has 0 aliphatic carbocycles. The van der Waals surface area contributed by atoms with Crippen molar-refractivity contribution in [1.82, 2.24) is 5.32 Å². The zero-order valence-electron chi connectivity index (χ0n) is 8.12. The summed E-state index contributed by atoms with van der Waals surface area (Å²) < 4.78 is 20.6. The summed E-state index contributed by atoms with van der Waals surface area (Å²) in [4.78, 5) is 10.8. The summed E-state index contributed by atoms with van der Waals surface area (Å²) in [5.74, 6) is -0.475. The summed E-state index contributed by atoms with van der Waals surface area (Å²) in [6.45, 7) is 6.52. The number of carbonyl (C=O) groups excluding carboxylic acids is 1. The molecule has 0 aliphatic heterocycles. The summed E-state index contributed by atoms with van der Waals surface area (Å²) >= 11 is -2.15. The molecular formula is C7H12NNaO3S. The van der Waals surface area contributed by atoms with Crippen molar-refractivity contribution in [3.05, 3.63) is 12.7 Å². The Morgan fingerprint density at radius 3 is 2.46 bits per heavy atom. The van der Waals surface area contributed by atoms with Crippen molar-refractivity contribution >= 4 is 17.0 Å². The van der Waals surface area contributed by atoms with Gasteiger partial charge in [0.25, 0.3) is 0 Å². The van der Waals surface area contributed by atoms with Gasteiger partial charge in [0.2, 0.25) is 5.91 Å². The average molecular weight is 213 g/mol. The molecule has 0 rings (SSSR count). The van der Waals surface area contributed by atoms with Gasteiger partial charge < -0.3 is 9.87 Å². The van der Waals surface area contributed by atoms with Crippen LogP contribution < -0.4 is 34.9 Å². The topological polar surface area (TPSA) is 69.2 Å². The Kier molecular flexibility index (Phi) is 8.16. The van der Waals surface area contributed by atoms with Gasteiger partial charge in [0, 0.05) is 11.3 Å². The predicted molar refractivity (Wildman–Crippen MR) is 46.2 cm³/mol. The van der Waals surface area contributed by atoms with Crippen molar-refractivity contribution in [2.24, 2.45) is 0 Å². The third-order valence-corrected chi connectivity index (χ3v) is 2.08. The zero-order valence-corrected chi connectivity index (χ0v) is 10.9. The van der Waals surface area contributed by atoms with Crippen LogP contribution in [0.3, 0.4) is 0 Å². The van der Waals surface area contributed by atoms with Crippen LogP contribution >= 0.6 is 0 Å². The molecule has 4 nitrogen and oxygen atoms in total. The van der Waals surface area contributed by atoms with Gasteiger partial charge in [-0.1, -0.05) is 17.7 Å². The number of hydrogen-bond acceptors (Lipinski definition) is 3. The summed E-state index contributed by atoms with van der Waals surface area (Å²) in [7, 11) is 0. The second kappa shape index (κ2) is 6.73. The van der Waals surface area contributed by atoms with Crippen molar-refractivity contribution in [1.29, 1.82) is 0 Å². The zero-order chi connectivity index (χ0) is 9.78. The van der Waals surface area contributed by atoms with Crippen LogP contribution in [0.25, 0.3) is 0 Å². The second-order valence-electron chi connectivity index (χ2n) is 3.03. The number of amides is 1. The molecule has 6 heteroatoms. The van der Waals surface area contributed by atoms with E-state index in [1.807, 2.05) is 0 Å². The molecule has 1 unspecified atom stereocenters. The van der Waals surface area contributed by atoms with Gasteiger partial charge in [0.1, 0.15) is 0 Å². The van der Waals surface area contributed by atoms with E-state index in [1.165, 1.54) is 0 Å². The van der Waals surface area contributed by atoms with Gasteiger partial charge in [0.05, 0.1) is 0 Å². The van der Waals surface area contributed by atoms with Gasteiger partial charge in [-0.2, -0.15) is 0 Å². The van der Waals surface area contributed by atoms with Gasteiger partial charge in [-0.25, -0.2) is 0 Å². The van der Waals surface area contributed by atoms with Crippen LogP contribution in [0.5, 0.6) is 0 Å². The first kappa shape index (κ1) is 15.8. The molecule has 0 fully saturated rings. The third-order valence-electron chi connectivity index (χ3n) is 1.13. The van der Waals surface area contributed by atoms with E-state index < -0.39 is 16.6 Å². The van der Waals surface area contributed by atoms with Crippen LogP contribution in [0.15, 0.2) is 12.7 Å². The first-order valence-corrected chi connectivity index (χ1v) is 4.62. The molecule has 0 aromatic carbocycles. The van der Waals surface area contributed by atoms with E-state index in [0.29, 0.717) is 0 Å². The molecule has 1 amide bonds. The van der Waals surface area contributed by atoms with Crippen LogP contribution in [-0.2, 0) is 15.9 Å². The van der Waals surface area contributed by atoms with Crippen LogP contribution in [-0.4, -0.2) is 26.0 Å². The average Bonchev–Trinajstić information content (AvgIpc) is 1.83. The van der Waals surface area contributed by atoms with Crippen molar-refractivity contribution < 1.29 is 43.1 Å². The molecule has 1 atom stereocenters. The number of nitrogens with one attached hydrogen (secondary N) is 1. The Hall–Kier alpha value is 0.320. The van der Waals surface area contributed by atoms with Crippen molar-refractivity contribution in [3.8, 4) is 0 Å². The van der Waals surface area contributed by atoms with Gasteiger partial charge >= 0.3 is 29.6 Å². The van der Waals surface area contributed by atoms with Gasteiger partial charge in [-0.05, 0) is 19.9 Å².